The first-order valence-electron chi connectivity index (χ1n) is 7.11. The molecule has 0 saturated carbocycles. The lowest BCUT2D eigenvalue weighted by molar-refractivity contribution is 0.876. The van der Waals surface area contributed by atoms with Crippen molar-refractivity contribution < 1.29 is 0 Å². The first-order chi connectivity index (χ1) is 9.79. The molecule has 0 aliphatic rings. The van der Waals surface area contributed by atoms with Gasteiger partial charge in [0.05, 0.1) is 6.04 Å². The molecule has 3 aromatic rings. The van der Waals surface area contributed by atoms with Crippen LogP contribution in [0.15, 0.2) is 66.7 Å². The highest BCUT2D eigenvalue weighted by Crippen LogP contribution is 2.27. The van der Waals surface area contributed by atoms with E-state index in [1.807, 2.05) is 0 Å². The fraction of sp³-hybridized carbons (Fsp3) is 0.158. The molecule has 0 aliphatic carbocycles. The Kier molecular flexibility index (Phi) is 3.53. The van der Waals surface area contributed by atoms with E-state index in [9.17, 15) is 0 Å². The van der Waals surface area contributed by atoms with E-state index >= 15 is 0 Å². The van der Waals surface area contributed by atoms with Crippen LogP contribution in [0.5, 0.6) is 0 Å². The first kappa shape index (κ1) is 12.9. The summed E-state index contributed by atoms with van der Waals surface area (Å²) in [4.78, 5) is 0. The molecule has 0 aromatic heterocycles. The molecule has 1 nitrogen and oxygen atoms in total. The van der Waals surface area contributed by atoms with Crippen molar-refractivity contribution in [1.82, 2.24) is 0 Å². The van der Waals surface area contributed by atoms with Crippen LogP contribution in [-0.2, 0) is 6.42 Å². The van der Waals surface area contributed by atoms with Gasteiger partial charge in [-0.15, -0.1) is 0 Å². The van der Waals surface area contributed by atoms with Gasteiger partial charge in [0.1, 0.15) is 0 Å². The zero-order valence-electron chi connectivity index (χ0n) is 11.7. The highest BCUT2D eigenvalue weighted by atomic mass is 14.6. The van der Waals surface area contributed by atoms with E-state index in [0.717, 1.165) is 6.42 Å². The molecule has 1 unspecified atom stereocenters. The van der Waals surface area contributed by atoms with Crippen LogP contribution in [0.4, 0.5) is 0 Å². The number of aryl methyl sites for hydroxylation is 1. The lowest BCUT2D eigenvalue weighted by atomic mass is 9.93. The SMILES string of the molecule is CCc1cccc(C(N)c2cccc3ccccc23)c1. The molecule has 1 atom stereocenters. The summed E-state index contributed by atoms with van der Waals surface area (Å²) in [7, 11) is 0. The normalized spacial score (nSPS) is 12.5. The number of fused-ring (bicyclic) bond motifs is 1. The standard InChI is InChI=1S/C19H19N/c1-2-14-7-5-10-16(13-14)19(20)18-12-6-9-15-8-3-4-11-17(15)18/h3-13,19H,2,20H2,1H3. The van der Waals surface area contributed by atoms with E-state index in [1.54, 1.807) is 0 Å². The van der Waals surface area contributed by atoms with Crippen LogP contribution in [0, 0.1) is 0 Å². The van der Waals surface area contributed by atoms with E-state index in [1.165, 1.54) is 27.5 Å². The summed E-state index contributed by atoms with van der Waals surface area (Å²) in [5.74, 6) is 0. The minimum absolute atomic E-state index is 0.0763. The minimum Gasteiger partial charge on any atom is -0.320 e. The zero-order chi connectivity index (χ0) is 13.9. The average molecular weight is 261 g/mol. The van der Waals surface area contributed by atoms with Crippen molar-refractivity contribution in [3.63, 3.8) is 0 Å². The molecule has 0 amide bonds. The van der Waals surface area contributed by atoms with Crippen LogP contribution in [0.25, 0.3) is 10.8 Å². The third-order valence-corrected chi connectivity index (χ3v) is 3.88. The van der Waals surface area contributed by atoms with Crippen molar-refractivity contribution in [3.05, 3.63) is 83.4 Å². The third-order valence-electron chi connectivity index (χ3n) is 3.88. The van der Waals surface area contributed by atoms with Crippen LogP contribution in [0.3, 0.4) is 0 Å². The highest BCUT2D eigenvalue weighted by molar-refractivity contribution is 5.86. The smallest absolute Gasteiger partial charge is 0.0557 e. The maximum atomic E-state index is 6.51. The highest BCUT2D eigenvalue weighted by Gasteiger charge is 2.12. The Labute approximate surface area is 120 Å². The number of rotatable bonds is 3. The molecule has 0 saturated heterocycles. The molecular formula is C19H19N. The molecule has 0 fully saturated rings. The van der Waals surface area contributed by atoms with Crippen LogP contribution in [0.2, 0.25) is 0 Å². The summed E-state index contributed by atoms with van der Waals surface area (Å²) in [6.07, 6.45) is 1.04. The van der Waals surface area contributed by atoms with Gasteiger partial charge in [-0.3, -0.25) is 0 Å². The molecule has 0 spiro atoms. The van der Waals surface area contributed by atoms with Crippen LogP contribution in [0.1, 0.15) is 29.7 Å². The van der Waals surface area contributed by atoms with E-state index in [0.29, 0.717) is 0 Å². The monoisotopic (exact) mass is 261 g/mol. The van der Waals surface area contributed by atoms with Gasteiger partial charge in [0.25, 0.3) is 0 Å². The predicted molar refractivity (Wildman–Crippen MR) is 85.8 cm³/mol. The molecule has 1 heteroatoms. The molecule has 0 aliphatic heterocycles. The van der Waals surface area contributed by atoms with Crippen LogP contribution < -0.4 is 5.73 Å². The second-order valence-corrected chi connectivity index (χ2v) is 5.14. The Morgan fingerprint density at radius 1 is 0.900 bits per heavy atom. The second-order valence-electron chi connectivity index (χ2n) is 5.14. The Bertz CT molecular complexity index is 725. The second kappa shape index (κ2) is 5.48. The number of nitrogens with two attached hydrogens (primary N) is 1. The van der Waals surface area contributed by atoms with Gasteiger partial charge in [-0.25, -0.2) is 0 Å². The van der Waals surface area contributed by atoms with E-state index < -0.39 is 0 Å². The summed E-state index contributed by atoms with van der Waals surface area (Å²) in [5, 5.41) is 2.48. The van der Waals surface area contributed by atoms with Crippen molar-refractivity contribution in [1.29, 1.82) is 0 Å². The Hall–Kier alpha value is -2.12. The minimum atomic E-state index is -0.0763. The molecule has 3 rings (SSSR count). The predicted octanol–water partition coefficient (Wildman–Crippen LogP) is 4.45. The zero-order valence-corrected chi connectivity index (χ0v) is 11.7. The Morgan fingerprint density at radius 2 is 1.65 bits per heavy atom. The molecule has 3 aromatic carbocycles. The quantitative estimate of drug-likeness (QED) is 0.740. The molecule has 0 heterocycles. The summed E-state index contributed by atoms with van der Waals surface area (Å²) in [6, 6.07) is 23.3. The van der Waals surface area contributed by atoms with Crippen molar-refractivity contribution in [2.75, 3.05) is 0 Å². The van der Waals surface area contributed by atoms with Gasteiger partial charge in [-0.2, -0.15) is 0 Å². The van der Waals surface area contributed by atoms with Gasteiger partial charge in [0.15, 0.2) is 0 Å². The summed E-state index contributed by atoms with van der Waals surface area (Å²) < 4.78 is 0. The van der Waals surface area contributed by atoms with Gasteiger partial charge in [-0.1, -0.05) is 73.7 Å². The van der Waals surface area contributed by atoms with Crippen molar-refractivity contribution in [2.45, 2.75) is 19.4 Å². The Morgan fingerprint density at radius 3 is 2.50 bits per heavy atom. The lowest BCUT2D eigenvalue weighted by Crippen LogP contribution is -2.12. The maximum Gasteiger partial charge on any atom is 0.0557 e. The topological polar surface area (TPSA) is 26.0 Å². The average Bonchev–Trinajstić information content (AvgIpc) is 2.53. The molecular weight excluding hydrogens is 242 g/mol. The van der Waals surface area contributed by atoms with E-state index in [-0.39, 0.29) is 6.04 Å². The lowest BCUT2D eigenvalue weighted by Gasteiger charge is -2.16. The molecule has 100 valence electrons. The fourth-order valence-corrected chi connectivity index (χ4v) is 2.71. The maximum absolute atomic E-state index is 6.51. The largest absolute Gasteiger partial charge is 0.320 e. The van der Waals surface area contributed by atoms with Gasteiger partial charge in [0, 0.05) is 0 Å². The molecule has 20 heavy (non-hydrogen) atoms. The molecule has 2 N–H and O–H groups in total. The van der Waals surface area contributed by atoms with Crippen molar-refractivity contribution in [2.24, 2.45) is 5.73 Å². The number of hydrogen-bond donors (Lipinski definition) is 1. The molecule has 0 radical (unpaired) electrons. The molecule has 0 bridgehead atoms. The Balaban J connectivity index is 2.10. The third kappa shape index (κ3) is 2.33. The van der Waals surface area contributed by atoms with Crippen LogP contribution >= 0.6 is 0 Å². The van der Waals surface area contributed by atoms with E-state index in [4.69, 9.17) is 5.73 Å². The van der Waals surface area contributed by atoms with Gasteiger partial charge < -0.3 is 5.73 Å². The van der Waals surface area contributed by atoms with Crippen molar-refractivity contribution >= 4 is 10.8 Å². The number of benzene rings is 3. The van der Waals surface area contributed by atoms with Gasteiger partial charge in [0.2, 0.25) is 0 Å². The first-order valence-corrected chi connectivity index (χ1v) is 7.11. The van der Waals surface area contributed by atoms with Gasteiger partial charge >= 0.3 is 0 Å². The number of hydrogen-bond acceptors (Lipinski definition) is 1. The summed E-state index contributed by atoms with van der Waals surface area (Å²) in [6.45, 7) is 2.17. The van der Waals surface area contributed by atoms with Crippen LogP contribution in [-0.4, -0.2) is 0 Å². The summed E-state index contributed by atoms with van der Waals surface area (Å²) >= 11 is 0. The van der Waals surface area contributed by atoms with Crippen molar-refractivity contribution in [3.8, 4) is 0 Å². The summed E-state index contributed by atoms with van der Waals surface area (Å²) in [5.41, 5.74) is 10.2. The van der Waals surface area contributed by atoms with Gasteiger partial charge in [-0.05, 0) is 33.9 Å². The fourth-order valence-electron chi connectivity index (χ4n) is 2.71. The van der Waals surface area contributed by atoms with E-state index in [2.05, 4.69) is 73.7 Å².